The lowest BCUT2D eigenvalue weighted by molar-refractivity contribution is 0.112. The van der Waals surface area contributed by atoms with E-state index in [1.807, 2.05) is 0 Å². The maximum Gasteiger partial charge on any atom is 0.0625 e. The predicted molar refractivity (Wildman–Crippen MR) is 79.1 cm³/mol. The Balaban J connectivity index is 2.59. The molecule has 110 valence electrons. The number of aliphatic hydroxyl groups excluding tert-OH is 1. The highest BCUT2D eigenvalue weighted by molar-refractivity contribution is 5.10. The van der Waals surface area contributed by atoms with E-state index in [1.165, 1.54) is 5.69 Å². The molecule has 1 aromatic rings. The van der Waals surface area contributed by atoms with Crippen molar-refractivity contribution in [3.05, 3.63) is 17.5 Å². The third-order valence-electron chi connectivity index (χ3n) is 4.22. The fraction of sp³-hybridized carbons (Fsp3) is 0.800. The number of rotatable bonds is 9. The normalized spacial score (nSPS) is 12.1. The molecule has 0 unspecified atom stereocenters. The van der Waals surface area contributed by atoms with Gasteiger partial charge in [0.2, 0.25) is 0 Å². The summed E-state index contributed by atoms with van der Waals surface area (Å²) in [5.41, 5.74) is 2.40. The van der Waals surface area contributed by atoms with Crippen LogP contribution in [0.4, 0.5) is 0 Å². The summed E-state index contributed by atoms with van der Waals surface area (Å²) in [6.45, 7) is 11.4. The number of hydrogen-bond acceptors (Lipinski definition) is 3. The highest BCUT2D eigenvalue weighted by Gasteiger charge is 2.24. The van der Waals surface area contributed by atoms with Gasteiger partial charge in [0.25, 0.3) is 0 Å². The Morgan fingerprint density at radius 3 is 2.42 bits per heavy atom. The molecule has 0 saturated carbocycles. The van der Waals surface area contributed by atoms with Gasteiger partial charge < -0.3 is 10.4 Å². The number of nitrogens with zero attached hydrogens (tertiary/aromatic N) is 2. The van der Waals surface area contributed by atoms with Gasteiger partial charge in [-0.25, -0.2) is 0 Å². The average Bonchev–Trinajstić information content (AvgIpc) is 2.86. The molecule has 0 spiro atoms. The molecule has 4 nitrogen and oxygen atoms in total. The molecule has 0 aromatic carbocycles. The highest BCUT2D eigenvalue weighted by atomic mass is 16.3. The zero-order valence-electron chi connectivity index (χ0n) is 12.9. The molecule has 0 bridgehead atoms. The van der Waals surface area contributed by atoms with Crippen LogP contribution in [0.15, 0.2) is 6.07 Å². The van der Waals surface area contributed by atoms with Gasteiger partial charge in [-0.1, -0.05) is 20.8 Å². The minimum atomic E-state index is 0.0185. The summed E-state index contributed by atoms with van der Waals surface area (Å²) in [5, 5.41) is 17.6. The van der Waals surface area contributed by atoms with E-state index in [0.717, 1.165) is 44.6 Å². The largest absolute Gasteiger partial charge is 0.396 e. The van der Waals surface area contributed by atoms with Crippen LogP contribution < -0.4 is 5.32 Å². The zero-order valence-corrected chi connectivity index (χ0v) is 12.9. The lowest BCUT2D eigenvalue weighted by atomic mass is 9.83. The molecular formula is C15H29N3O. The van der Waals surface area contributed by atoms with Crippen molar-refractivity contribution in [3.63, 3.8) is 0 Å². The van der Waals surface area contributed by atoms with Crippen LogP contribution in [0.1, 0.15) is 51.9 Å². The first-order chi connectivity index (χ1) is 9.14. The van der Waals surface area contributed by atoms with Crippen molar-refractivity contribution in [2.24, 2.45) is 5.41 Å². The molecule has 0 amide bonds. The molecule has 19 heavy (non-hydrogen) atoms. The maximum atomic E-state index is 9.56. The third kappa shape index (κ3) is 4.05. The van der Waals surface area contributed by atoms with Crippen LogP contribution in [0.3, 0.4) is 0 Å². The van der Waals surface area contributed by atoms with Crippen molar-refractivity contribution in [3.8, 4) is 0 Å². The smallest absolute Gasteiger partial charge is 0.0625 e. The standard InChI is InChI=1S/C15H29N3O/c1-5-13-9-14(18(8-4)17-13)10-16-11-15(6-2,7-3)12-19/h9,16,19H,5-8,10-12H2,1-4H3. The monoisotopic (exact) mass is 267 g/mol. The van der Waals surface area contributed by atoms with Crippen LogP contribution >= 0.6 is 0 Å². The highest BCUT2D eigenvalue weighted by Crippen LogP contribution is 2.24. The van der Waals surface area contributed by atoms with Crippen molar-refractivity contribution in [1.82, 2.24) is 15.1 Å². The quantitative estimate of drug-likeness (QED) is 0.722. The van der Waals surface area contributed by atoms with E-state index in [4.69, 9.17) is 0 Å². The molecule has 2 N–H and O–H groups in total. The van der Waals surface area contributed by atoms with Crippen LogP contribution in [-0.4, -0.2) is 28.0 Å². The number of aryl methyl sites for hydroxylation is 2. The van der Waals surface area contributed by atoms with Crippen molar-refractivity contribution in [2.45, 2.75) is 60.0 Å². The van der Waals surface area contributed by atoms with E-state index in [9.17, 15) is 5.11 Å². The average molecular weight is 267 g/mol. The van der Waals surface area contributed by atoms with Gasteiger partial charge in [-0.05, 0) is 32.3 Å². The van der Waals surface area contributed by atoms with Gasteiger partial charge in [0.05, 0.1) is 11.4 Å². The van der Waals surface area contributed by atoms with E-state index in [-0.39, 0.29) is 12.0 Å². The van der Waals surface area contributed by atoms with E-state index in [1.54, 1.807) is 0 Å². The second kappa shape index (κ2) is 7.65. The minimum Gasteiger partial charge on any atom is -0.396 e. The Morgan fingerprint density at radius 2 is 1.95 bits per heavy atom. The second-order valence-corrected chi connectivity index (χ2v) is 5.27. The molecule has 0 saturated heterocycles. The Labute approximate surface area is 117 Å². The summed E-state index contributed by atoms with van der Waals surface area (Å²) in [6.07, 6.45) is 2.98. The molecule has 0 radical (unpaired) electrons. The van der Waals surface area contributed by atoms with Crippen molar-refractivity contribution in [2.75, 3.05) is 13.2 Å². The zero-order chi connectivity index (χ0) is 14.3. The van der Waals surface area contributed by atoms with Crippen LogP contribution in [0.5, 0.6) is 0 Å². The summed E-state index contributed by atoms with van der Waals surface area (Å²) in [7, 11) is 0. The van der Waals surface area contributed by atoms with Gasteiger partial charge in [-0.3, -0.25) is 4.68 Å². The van der Waals surface area contributed by atoms with Gasteiger partial charge in [0.1, 0.15) is 0 Å². The summed E-state index contributed by atoms with van der Waals surface area (Å²) < 4.78 is 2.06. The fourth-order valence-electron chi connectivity index (χ4n) is 2.34. The molecule has 0 aliphatic heterocycles. The summed E-state index contributed by atoms with van der Waals surface area (Å²) in [4.78, 5) is 0. The van der Waals surface area contributed by atoms with E-state index in [2.05, 4.69) is 48.9 Å². The molecule has 1 rings (SSSR count). The Kier molecular flexibility index (Phi) is 6.52. The summed E-state index contributed by atoms with van der Waals surface area (Å²) >= 11 is 0. The molecule has 0 fully saturated rings. The Hall–Kier alpha value is -0.870. The van der Waals surface area contributed by atoms with Crippen LogP contribution in [-0.2, 0) is 19.5 Å². The molecule has 1 heterocycles. The lowest BCUT2D eigenvalue weighted by Gasteiger charge is -2.29. The van der Waals surface area contributed by atoms with Crippen molar-refractivity contribution in [1.29, 1.82) is 0 Å². The van der Waals surface area contributed by atoms with Gasteiger partial charge in [-0.2, -0.15) is 5.10 Å². The van der Waals surface area contributed by atoms with Crippen LogP contribution in [0, 0.1) is 5.41 Å². The summed E-state index contributed by atoms with van der Waals surface area (Å²) in [5.74, 6) is 0. The van der Waals surface area contributed by atoms with E-state index in [0.29, 0.717) is 0 Å². The molecule has 0 aliphatic carbocycles. The Morgan fingerprint density at radius 1 is 1.26 bits per heavy atom. The van der Waals surface area contributed by atoms with Gasteiger partial charge in [0, 0.05) is 31.7 Å². The first-order valence-electron chi connectivity index (χ1n) is 7.51. The first-order valence-corrected chi connectivity index (χ1v) is 7.51. The van der Waals surface area contributed by atoms with Crippen LogP contribution in [0.25, 0.3) is 0 Å². The van der Waals surface area contributed by atoms with E-state index >= 15 is 0 Å². The Bertz CT molecular complexity index is 361. The molecular weight excluding hydrogens is 238 g/mol. The van der Waals surface area contributed by atoms with Gasteiger partial charge >= 0.3 is 0 Å². The molecule has 4 heteroatoms. The predicted octanol–water partition coefficient (Wildman–Crippen LogP) is 2.35. The second-order valence-electron chi connectivity index (χ2n) is 5.27. The van der Waals surface area contributed by atoms with E-state index < -0.39 is 0 Å². The number of nitrogens with one attached hydrogen (secondary N) is 1. The number of aliphatic hydroxyl groups is 1. The van der Waals surface area contributed by atoms with Gasteiger partial charge in [0.15, 0.2) is 0 Å². The number of aromatic nitrogens is 2. The SMILES string of the molecule is CCc1cc(CNCC(CC)(CC)CO)n(CC)n1. The van der Waals surface area contributed by atoms with Crippen LogP contribution in [0.2, 0.25) is 0 Å². The molecule has 1 aromatic heterocycles. The minimum absolute atomic E-state index is 0.0185. The molecule has 0 atom stereocenters. The van der Waals surface area contributed by atoms with Gasteiger partial charge in [-0.15, -0.1) is 0 Å². The van der Waals surface area contributed by atoms with Crippen molar-refractivity contribution >= 4 is 0 Å². The topological polar surface area (TPSA) is 50.1 Å². The van der Waals surface area contributed by atoms with Crippen molar-refractivity contribution < 1.29 is 5.11 Å². The lowest BCUT2D eigenvalue weighted by Crippen LogP contribution is -2.36. The maximum absolute atomic E-state index is 9.56. The first kappa shape index (κ1) is 16.2. The summed E-state index contributed by atoms with van der Waals surface area (Å²) in [6, 6.07) is 2.18. The fourth-order valence-corrected chi connectivity index (χ4v) is 2.34. The molecule has 0 aliphatic rings. The number of hydrogen-bond donors (Lipinski definition) is 2. The third-order valence-corrected chi connectivity index (χ3v) is 4.22.